The van der Waals surface area contributed by atoms with Crippen LogP contribution in [0.3, 0.4) is 0 Å². The molecule has 0 saturated heterocycles. The van der Waals surface area contributed by atoms with Gasteiger partial charge in [-0.05, 0) is 72.5 Å². The molecule has 0 fully saturated rings. The lowest BCUT2D eigenvalue weighted by atomic mass is 9.90. The smallest absolute Gasteiger partial charge is 0.0991 e. The van der Waals surface area contributed by atoms with Crippen molar-refractivity contribution >= 4 is 66.8 Å². The summed E-state index contributed by atoms with van der Waals surface area (Å²) in [5, 5.41) is 23.8. The Bertz CT molecular complexity index is 2380. The first-order chi connectivity index (χ1) is 21.6. The lowest BCUT2D eigenvalue weighted by Gasteiger charge is -2.27. The zero-order valence-electron chi connectivity index (χ0n) is 24.3. The fourth-order valence-electron chi connectivity index (χ4n) is 7.02. The van der Waals surface area contributed by atoms with Crippen LogP contribution < -0.4 is 0 Å². The molecule has 1 atom stereocenters. The quantitative estimate of drug-likeness (QED) is 0.203. The van der Waals surface area contributed by atoms with Crippen LogP contribution in [0.15, 0.2) is 120 Å². The van der Waals surface area contributed by atoms with E-state index in [9.17, 15) is 10.5 Å². The van der Waals surface area contributed by atoms with Crippen molar-refractivity contribution in [1.29, 1.82) is 10.5 Å². The maximum atomic E-state index is 9.65. The molecule has 0 spiro atoms. The average molecular weight is 585 g/mol. The Morgan fingerprint density at radius 1 is 0.727 bits per heavy atom. The van der Waals surface area contributed by atoms with Gasteiger partial charge in [-0.1, -0.05) is 61.5 Å². The van der Waals surface area contributed by atoms with Crippen LogP contribution in [0.2, 0.25) is 0 Å². The van der Waals surface area contributed by atoms with E-state index in [1.165, 1.54) is 21.9 Å². The molecule has 4 aromatic carbocycles. The molecule has 2 aromatic heterocycles. The number of allylic oxidation sites excluding steroid dienone is 6. The van der Waals surface area contributed by atoms with Crippen LogP contribution in [0.1, 0.15) is 30.9 Å². The predicted molar refractivity (Wildman–Crippen MR) is 184 cm³/mol. The number of hydrogen-bond donors (Lipinski definition) is 0. The Labute approximate surface area is 260 Å². The second kappa shape index (κ2) is 10.5. The molecule has 2 aliphatic rings. The van der Waals surface area contributed by atoms with Crippen molar-refractivity contribution in [2.24, 2.45) is 5.92 Å². The van der Waals surface area contributed by atoms with Gasteiger partial charge in [0.05, 0.1) is 51.0 Å². The van der Waals surface area contributed by atoms with Crippen molar-refractivity contribution in [3.05, 3.63) is 131 Å². The molecular formula is C39H28N4S. The first-order valence-electron chi connectivity index (χ1n) is 14.9. The van der Waals surface area contributed by atoms with Crippen LogP contribution in [0.5, 0.6) is 0 Å². The third kappa shape index (κ3) is 4.13. The Morgan fingerprint density at radius 2 is 1.32 bits per heavy atom. The van der Waals surface area contributed by atoms with E-state index in [4.69, 9.17) is 0 Å². The molecule has 210 valence electrons. The standard InChI is InChI=1S/C39H28N4S/c1-25-18-28-22-29(42-34-11-4-2-9-30(34)32-20-26(23-40)13-15-36(32)42)8-6-7-17-44-39(28)38(19-25)43-35-12-5-3-10-31(35)33-21-27(24-41)14-16-37(33)43/h2-16,19-21,25H,17-18,22H2,1H3/b7-6-,29-8+. The van der Waals surface area contributed by atoms with Crippen molar-refractivity contribution in [3.8, 4) is 12.1 Å². The Balaban J connectivity index is 1.34. The van der Waals surface area contributed by atoms with Gasteiger partial charge in [-0.2, -0.15) is 10.5 Å². The SMILES string of the molecule is CC1C=C(n2c3ccccc3c3cc(C#N)ccc32)C2=C(C/C(n3c4ccccc4c4cc(C#N)ccc43)=C\C=C/CS2)C1. The van der Waals surface area contributed by atoms with E-state index in [1.807, 2.05) is 36.0 Å². The molecule has 1 aliphatic heterocycles. The van der Waals surface area contributed by atoms with Crippen molar-refractivity contribution in [3.63, 3.8) is 0 Å². The normalized spacial score (nSPS) is 19.0. The number of hydrogen-bond acceptors (Lipinski definition) is 3. The van der Waals surface area contributed by atoms with Crippen molar-refractivity contribution < 1.29 is 0 Å². The van der Waals surface area contributed by atoms with Gasteiger partial charge in [-0.25, -0.2) is 0 Å². The van der Waals surface area contributed by atoms with Gasteiger partial charge in [0.25, 0.3) is 0 Å². The fourth-order valence-corrected chi connectivity index (χ4v) is 8.06. The molecule has 4 nitrogen and oxygen atoms in total. The molecule has 0 amide bonds. The van der Waals surface area contributed by atoms with E-state index < -0.39 is 0 Å². The lowest BCUT2D eigenvalue weighted by molar-refractivity contribution is 0.693. The average Bonchev–Trinajstić information content (AvgIpc) is 3.59. The first-order valence-corrected chi connectivity index (χ1v) is 15.9. The summed E-state index contributed by atoms with van der Waals surface area (Å²) in [7, 11) is 0. The van der Waals surface area contributed by atoms with Gasteiger partial charge in [0.15, 0.2) is 0 Å². The number of benzene rings is 4. The number of para-hydroxylation sites is 2. The van der Waals surface area contributed by atoms with Gasteiger partial charge < -0.3 is 9.13 Å². The second-order valence-electron chi connectivity index (χ2n) is 11.6. The topological polar surface area (TPSA) is 57.4 Å². The largest absolute Gasteiger partial charge is 0.313 e. The molecule has 1 unspecified atom stereocenters. The van der Waals surface area contributed by atoms with Crippen LogP contribution in [-0.2, 0) is 0 Å². The van der Waals surface area contributed by atoms with Crippen molar-refractivity contribution in [2.75, 3.05) is 5.75 Å². The summed E-state index contributed by atoms with van der Waals surface area (Å²) in [4.78, 5) is 1.33. The third-order valence-electron chi connectivity index (χ3n) is 8.84. The highest BCUT2D eigenvalue weighted by atomic mass is 32.2. The van der Waals surface area contributed by atoms with E-state index >= 15 is 0 Å². The summed E-state index contributed by atoms with van der Waals surface area (Å²) in [6.07, 6.45) is 11.0. The highest BCUT2D eigenvalue weighted by molar-refractivity contribution is 8.03. The number of nitrogens with zero attached hydrogens (tertiary/aromatic N) is 4. The molecule has 6 aromatic rings. The third-order valence-corrected chi connectivity index (χ3v) is 9.98. The molecule has 0 bridgehead atoms. The molecular weight excluding hydrogens is 557 g/mol. The molecule has 3 heterocycles. The van der Waals surface area contributed by atoms with Gasteiger partial charge in [-0.3, -0.25) is 0 Å². The first kappa shape index (κ1) is 26.4. The Hall–Kier alpha value is -5.23. The summed E-state index contributed by atoms with van der Waals surface area (Å²) in [5.74, 6) is 1.24. The van der Waals surface area contributed by atoms with E-state index in [0.717, 1.165) is 62.2 Å². The molecule has 0 N–H and O–H groups in total. The second-order valence-corrected chi connectivity index (χ2v) is 12.7. The van der Waals surface area contributed by atoms with Gasteiger partial charge in [0, 0.05) is 44.3 Å². The summed E-state index contributed by atoms with van der Waals surface area (Å²) in [6, 6.07) is 33.8. The zero-order valence-corrected chi connectivity index (χ0v) is 25.1. The monoisotopic (exact) mass is 584 g/mol. The van der Waals surface area contributed by atoms with Gasteiger partial charge >= 0.3 is 0 Å². The molecule has 1 aliphatic carbocycles. The summed E-state index contributed by atoms with van der Waals surface area (Å²) in [5.41, 5.74) is 9.80. The molecule has 0 radical (unpaired) electrons. The lowest BCUT2D eigenvalue weighted by Crippen LogP contribution is -2.12. The summed E-state index contributed by atoms with van der Waals surface area (Å²) >= 11 is 1.91. The molecule has 44 heavy (non-hydrogen) atoms. The minimum Gasteiger partial charge on any atom is -0.313 e. The van der Waals surface area contributed by atoms with Crippen LogP contribution in [0.4, 0.5) is 0 Å². The number of rotatable bonds is 2. The minimum absolute atomic E-state index is 0.366. The number of aromatic nitrogens is 2. The van der Waals surface area contributed by atoms with E-state index in [1.54, 1.807) is 0 Å². The van der Waals surface area contributed by atoms with E-state index in [0.29, 0.717) is 17.0 Å². The number of thioether (sulfide) groups is 1. The molecule has 8 rings (SSSR count). The van der Waals surface area contributed by atoms with Crippen LogP contribution in [0.25, 0.3) is 55.0 Å². The Morgan fingerprint density at radius 3 is 1.98 bits per heavy atom. The van der Waals surface area contributed by atoms with Gasteiger partial charge in [0.2, 0.25) is 0 Å². The fraction of sp³-hybridized carbons (Fsp3) is 0.128. The molecule has 0 saturated carbocycles. The zero-order chi connectivity index (χ0) is 29.8. The maximum absolute atomic E-state index is 9.65. The maximum Gasteiger partial charge on any atom is 0.0991 e. The predicted octanol–water partition coefficient (Wildman–Crippen LogP) is 10.0. The number of fused-ring (bicyclic) bond motifs is 6. The van der Waals surface area contributed by atoms with Crippen LogP contribution in [0, 0.1) is 28.6 Å². The van der Waals surface area contributed by atoms with E-state index in [2.05, 4.69) is 113 Å². The number of nitriles is 2. The summed E-state index contributed by atoms with van der Waals surface area (Å²) < 4.78 is 4.81. The highest BCUT2D eigenvalue weighted by Crippen LogP contribution is 2.46. The van der Waals surface area contributed by atoms with Gasteiger partial charge in [-0.15, -0.1) is 11.8 Å². The van der Waals surface area contributed by atoms with Crippen LogP contribution >= 0.6 is 11.8 Å². The van der Waals surface area contributed by atoms with Crippen LogP contribution in [-0.4, -0.2) is 14.9 Å². The molecule has 5 heteroatoms. The minimum atomic E-state index is 0.366. The van der Waals surface area contributed by atoms with Crippen molar-refractivity contribution in [2.45, 2.75) is 19.8 Å². The van der Waals surface area contributed by atoms with E-state index in [-0.39, 0.29) is 0 Å². The van der Waals surface area contributed by atoms with Crippen molar-refractivity contribution in [1.82, 2.24) is 9.13 Å². The highest BCUT2D eigenvalue weighted by Gasteiger charge is 2.26. The van der Waals surface area contributed by atoms with Gasteiger partial charge in [0.1, 0.15) is 0 Å². The Kier molecular flexibility index (Phi) is 6.29. The summed E-state index contributed by atoms with van der Waals surface area (Å²) in [6.45, 7) is 2.31.